The van der Waals surface area contributed by atoms with Gasteiger partial charge in [-0.1, -0.05) is 6.07 Å². The second kappa shape index (κ2) is 5.39. The van der Waals surface area contributed by atoms with Gasteiger partial charge in [0.2, 0.25) is 5.91 Å². The number of benzene rings is 1. The van der Waals surface area contributed by atoms with Crippen LogP contribution in [0.25, 0.3) is 0 Å². The minimum Gasteiger partial charge on any atom is -0.398 e. The van der Waals surface area contributed by atoms with Gasteiger partial charge in [0.25, 0.3) is 0 Å². The number of sulfone groups is 1. The number of rotatable bonds is 4. The van der Waals surface area contributed by atoms with Crippen LogP contribution in [0.2, 0.25) is 0 Å². The number of hydrogen-bond donors (Lipinski definition) is 2. The van der Waals surface area contributed by atoms with E-state index < -0.39 is 21.0 Å². The quantitative estimate of drug-likeness (QED) is 0.795. The highest BCUT2D eigenvalue weighted by atomic mass is 32.2. The molecule has 0 saturated heterocycles. The van der Waals surface area contributed by atoms with Crippen LogP contribution in [0.1, 0.15) is 19.4 Å². The molecule has 0 radical (unpaired) electrons. The standard InChI is InChI=1S/C12H18N2O3S/c1-4-14-12(15)9(3)18(16,17)11-6-5-8(2)7-10(11)13/h5-7,9H,4,13H2,1-3H3,(H,14,15). The molecule has 1 aromatic carbocycles. The van der Waals surface area contributed by atoms with Crippen molar-refractivity contribution in [1.29, 1.82) is 0 Å². The Kier molecular flexibility index (Phi) is 4.34. The lowest BCUT2D eigenvalue weighted by molar-refractivity contribution is -0.120. The van der Waals surface area contributed by atoms with Gasteiger partial charge in [0, 0.05) is 6.54 Å². The summed E-state index contributed by atoms with van der Waals surface area (Å²) in [7, 11) is -3.74. The third-order valence-electron chi connectivity index (χ3n) is 2.66. The first kappa shape index (κ1) is 14.5. The molecular formula is C12H18N2O3S. The van der Waals surface area contributed by atoms with E-state index in [4.69, 9.17) is 5.73 Å². The molecule has 0 saturated carbocycles. The summed E-state index contributed by atoms with van der Waals surface area (Å²) < 4.78 is 24.5. The van der Waals surface area contributed by atoms with E-state index in [0.29, 0.717) is 6.54 Å². The van der Waals surface area contributed by atoms with Crippen LogP contribution in [0.5, 0.6) is 0 Å². The van der Waals surface area contributed by atoms with Gasteiger partial charge in [-0.05, 0) is 38.5 Å². The molecule has 0 spiro atoms. The first-order valence-corrected chi connectivity index (χ1v) is 7.23. The summed E-state index contributed by atoms with van der Waals surface area (Å²) >= 11 is 0. The fraction of sp³-hybridized carbons (Fsp3) is 0.417. The Labute approximate surface area is 107 Å². The van der Waals surface area contributed by atoms with Crippen molar-refractivity contribution in [2.24, 2.45) is 0 Å². The normalized spacial score (nSPS) is 13.1. The molecule has 100 valence electrons. The lowest BCUT2D eigenvalue weighted by Crippen LogP contribution is -2.37. The topological polar surface area (TPSA) is 89.3 Å². The van der Waals surface area contributed by atoms with Gasteiger partial charge in [0.15, 0.2) is 9.84 Å². The number of carbonyl (C=O) groups is 1. The van der Waals surface area contributed by atoms with Gasteiger partial charge in [0.05, 0.1) is 10.6 Å². The van der Waals surface area contributed by atoms with Gasteiger partial charge in [-0.3, -0.25) is 4.79 Å². The van der Waals surface area contributed by atoms with Gasteiger partial charge >= 0.3 is 0 Å². The largest absolute Gasteiger partial charge is 0.398 e. The van der Waals surface area contributed by atoms with Crippen molar-refractivity contribution < 1.29 is 13.2 Å². The number of hydrogen-bond acceptors (Lipinski definition) is 4. The molecule has 3 N–H and O–H groups in total. The first-order chi connectivity index (χ1) is 8.30. The third-order valence-corrected chi connectivity index (χ3v) is 4.79. The zero-order chi connectivity index (χ0) is 13.9. The van der Waals surface area contributed by atoms with Crippen LogP contribution >= 0.6 is 0 Å². The highest BCUT2D eigenvalue weighted by Crippen LogP contribution is 2.23. The van der Waals surface area contributed by atoms with E-state index in [0.717, 1.165) is 5.56 Å². The van der Waals surface area contributed by atoms with E-state index in [-0.39, 0.29) is 10.6 Å². The summed E-state index contributed by atoms with van der Waals surface area (Å²) in [5.41, 5.74) is 6.75. The molecule has 0 heterocycles. The summed E-state index contributed by atoms with van der Waals surface area (Å²) in [6.45, 7) is 5.30. The zero-order valence-corrected chi connectivity index (χ0v) is 11.5. The predicted octanol–water partition coefficient (Wildman–Crippen LogP) is 0.876. The van der Waals surface area contributed by atoms with Crippen LogP contribution in [0, 0.1) is 6.92 Å². The minimum absolute atomic E-state index is 0.00635. The number of amides is 1. The zero-order valence-electron chi connectivity index (χ0n) is 10.7. The minimum atomic E-state index is -3.74. The Bertz CT molecular complexity index is 552. The Balaban J connectivity index is 3.17. The number of aryl methyl sites for hydroxylation is 1. The van der Waals surface area contributed by atoms with Crippen LogP contribution in [0.3, 0.4) is 0 Å². The fourth-order valence-electron chi connectivity index (χ4n) is 1.58. The van der Waals surface area contributed by atoms with E-state index >= 15 is 0 Å². The molecule has 18 heavy (non-hydrogen) atoms. The molecule has 1 aromatic rings. The van der Waals surface area contributed by atoms with Crippen LogP contribution < -0.4 is 11.1 Å². The lowest BCUT2D eigenvalue weighted by Gasteiger charge is -2.14. The summed E-state index contributed by atoms with van der Waals surface area (Å²) in [6.07, 6.45) is 0. The summed E-state index contributed by atoms with van der Waals surface area (Å²) in [4.78, 5) is 11.6. The van der Waals surface area contributed by atoms with E-state index in [1.807, 2.05) is 6.92 Å². The van der Waals surface area contributed by atoms with Gasteiger partial charge in [-0.25, -0.2) is 8.42 Å². The van der Waals surface area contributed by atoms with Crippen molar-refractivity contribution in [3.63, 3.8) is 0 Å². The molecule has 5 nitrogen and oxygen atoms in total. The molecule has 0 aromatic heterocycles. The Hall–Kier alpha value is -1.56. The predicted molar refractivity (Wildman–Crippen MR) is 70.9 cm³/mol. The van der Waals surface area contributed by atoms with Crippen molar-refractivity contribution in [2.75, 3.05) is 12.3 Å². The molecule has 6 heteroatoms. The Morgan fingerprint density at radius 3 is 2.56 bits per heavy atom. The van der Waals surface area contributed by atoms with E-state index in [1.54, 1.807) is 19.1 Å². The van der Waals surface area contributed by atoms with Crippen molar-refractivity contribution >= 4 is 21.4 Å². The van der Waals surface area contributed by atoms with Crippen LogP contribution in [-0.2, 0) is 14.6 Å². The molecule has 0 aliphatic rings. The molecule has 0 fully saturated rings. The molecular weight excluding hydrogens is 252 g/mol. The van der Waals surface area contributed by atoms with Gasteiger partial charge < -0.3 is 11.1 Å². The maximum atomic E-state index is 12.2. The number of nitrogens with one attached hydrogen (secondary N) is 1. The van der Waals surface area contributed by atoms with E-state index in [9.17, 15) is 13.2 Å². The monoisotopic (exact) mass is 270 g/mol. The maximum absolute atomic E-state index is 12.2. The van der Waals surface area contributed by atoms with Gasteiger partial charge in [0.1, 0.15) is 5.25 Å². The Morgan fingerprint density at radius 2 is 2.06 bits per heavy atom. The lowest BCUT2D eigenvalue weighted by atomic mass is 10.2. The van der Waals surface area contributed by atoms with Gasteiger partial charge in [-0.15, -0.1) is 0 Å². The van der Waals surface area contributed by atoms with Crippen LogP contribution in [-0.4, -0.2) is 26.1 Å². The smallest absolute Gasteiger partial charge is 0.238 e. The average molecular weight is 270 g/mol. The molecule has 0 bridgehead atoms. The van der Waals surface area contributed by atoms with E-state index in [2.05, 4.69) is 5.32 Å². The van der Waals surface area contributed by atoms with Crippen LogP contribution in [0.4, 0.5) is 5.69 Å². The molecule has 0 aliphatic heterocycles. The summed E-state index contributed by atoms with van der Waals surface area (Å²) in [5, 5.41) is 1.34. The molecule has 0 aliphatic carbocycles. The number of anilines is 1. The summed E-state index contributed by atoms with van der Waals surface area (Å²) in [5.74, 6) is -0.516. The third kappa shape index (κ3) is 2.81. The second-order valence-electron chi connectivity index (χ2n) is 4.12. The number of nitrogens with two attached hydrogens (primary N) is 1. The van der Waals surface area contributed by atoms with Crippen molar-refractivity contribution in [1.82, 2.24) is 5.32 Å². The number of nitrogen functional groups attached to an aromatic ring is 1. The van der Waals surface area contributed by atoms with Crippen molar-refractivity contribution in [3.05, 3.63) is 23.8 Å². The maximum Gasteiger partial charge on any atom is 0.238 e. The molecule has 1 rings (SSSR count). The van der Waals surface area contributed by atoms with Crippen molar-refractivity contribution in [2.45, 2.75) is 30.9 Å². The molecule has 1 atom stereocenters. The highest BCUT2D eigenvalue weighted by Gasteiger charge is 2.30. The highest BCUT2D eigenvalue weighted by molar-refractivity contribution is 7.93. The van der Waals surface area contributed by atoms with Gasteiger partial charge in [-0.2, -0.15) is 0 Å². The average Bonchev–Trinajstić information content (AvgIpc) is 2.27. The van der Waals surface area contributed by atoms with Crippen LogP contribution in [0.15, 0.2) is 23.1 Å². The van der Waals surface area contributed by atoms with Crippen molar-refractivity contribution in [3.8, 4) is 0 Å². The molecule has 1 amide bonds. The second-order valence-corrected chi connectivity index (χ2v) is 6.36. The van der Waals surface area contributed by atoms with E-state index in [1.165, 1.54) is 13.0 Å². The first-order valence-electron chi connectivity index (χ1n) is 5.68. The summed E-state index contributed by atoms with van der Waals surface area (Å²) in [6, 6.07) is 4.68. The fourth-order valence-corrected chi connectivity index (χ4v) is 2.97. The SMILES string of the molecule is CCNC(=O)C(C)S(=O)(=O)c1ccc(C)cc1N. The number of carbonyl (C=O) groups excluding carboxylic acids is 1. The Morgan fingerprint density at radius 1 is 1.44 bits per heavy atom. The molecule has 1 unspecified atom stereocenters.